The molecular weight excluding hydrogens is 295 g/mol. The zero-order chi connectivity index (χ0) is 15.9. The molecule has 1 aromatic heterocycles. The molecule has 7 nitrogen and oxygen atoms in total. The molecule has 0 radical (unpaired) electrons. The molecule has 1 aliphatic rings. The molecule has 116 valence electrons. The van der Waals surface area contributed by atoms with Crippen molar-refractivity contribution in [2.45, 2.75) is 0 Å². The van der Waals surface area contributed by atoms with Crippen LogP contribution in [0.4, 0.5) is 4.39 Å². The van der Waals surface area contributed by atoms with Gasteiger partial charge in [0.25, 0.3) is 0 Å². The number of rotatable bonds is 3. The molecule has 1 N–H and O–H groups in total. The minimum Gasteiger partial charge on any atom is -0.494 e. The van der Waals surface area contributed by atoms with Crippen LogP contribution in [0.15, 0.2) is 12.1 Å². The van der Waals surface area contributed by atoms with Crippen molar-refractivity contribution in [3.05, 3.63) is 23.6 Å². The van der Waals surface area contributed by atoms with Crippen molar-refractivity contribution in [1.82, 2.24) is 9.78 Å². The first-order chi connectivity index (χ1) is 10.5. The number of hydrogen-bond acceptors (Lipinski definition) is 5. The molecule has 0 saturated carbocycles. The van der Waals surface area contributed by atoms with E-state index in [9.17, 15) is 9.18 Å². The standard InChI is InChI=1S/C14H13FN2O5/c1-17-8(5-7(16-17)14(18)19)11-12(15)9(20-2)6-10-13(11)22-4-3-21-10/h5-6H,3-4H2,1-2H3,(H,18,19). The number of aromatic carboxylic acids is 1. The van der Waals surface area contributed by atoms with Crippen LogP contribution in [0.25, 0.3) is 11.3 Å². The first-order valence-corrected chi connectivity index (χ1v) is 6.46. The van der Waals surface area contributed by atoms with Gasteiger partial charge in [-0.15, -0.1) is 0 Å². The lowest BCUT2D eigenvalue weighted by atomic mass is 10.1. The van der Waals surface area contributed by atoms with Crippen LogP contribution in [0, 0.1) is 5.82 Å². The number of methoxy groups -OCH3 is 1. The first kappa shape index (κ1) is 14.2. The number of benzene rings is 1. The van der Waals surface area contributed by atoms with Gasteiger partial charge in [-0.2, -0.15) is 5.10 Å². The van der Waals surface area contributed by atoms with Gasteiger partial charge in [-0.25, -0.2) is 9.18 Å². The SMILES string of the molecule is COc1cc2c(c(-c3cc(C(=O)O)nn3C)c1F)OCCO2. The molecule has 2 aromatic rings. The molecule has 22 heavy (non-hydrogen) atoms. The lowest BCUT2D eigenvalue weighted by Crippen LogP contribution is -2.17. The highest BCUT2D eigenvalue weighted by atomic mass is 19.1. The van der Waals surface area contributed by atoms with Crippen molar-refractivity contribution < 1.29 is 28.5 Å². The maximum atomic E-state index is 14.7. The number of carboxylic acid groups (broad SMARTS) is 1. The minimum absolute atomic E-state index is 0.0164. The number of carboxylic acids is 1. The summed E-state index contributed by atoms with van der Waals surface area (Å²) in [5, 5.41) is 12.9. The molecular formula is C14H13FN2O5. The zero-order valence-electron chi connectivity index (χ0n) is 11.9. The summed E-state index contributed by atoms with van der Waals surface area (Å²) >= 11 is 0. The van der Waals surface area contributed by atoms with Gasteiger partial charge >= 0.3 is 5.97 Å². The summed E-state index contributed by atoms with van der Waals surface area (Å²) < 4.78 is 31.9. The average molecular weight is 308 g/mol. The van der Waals surface area contributed by atoms with Crippen LogP contribution < -0.4 is 14.2 Å². The van der Waals surface area contributed by atoms with Crippen LogP contribution in [0.2, 0.25) is 0 Å². The second-order valence-corrected chi connectivity index (χ2v) is 4.64. The fourth-order valence-corrected chi connectivity index (χ4v) is 2.32. The summed E-state index contributed by atoms with van der Waals surface area (Å²) in [6.07, 6.45) is 0. The van der Waals surface area contributed by atoms with Crippen LogP contribution in [-0.4, -0.2) is 41.2 Å². The molecule has 2 heterocycles. The van der Waals surface area contributed by atoms with Gasteiger partial charge in [0.05, 0.1) is 18.4 Å². The van der Waals surface area contributed by atoms with Crippen molar-refractivity contribution in [2.24, 2.45) is 7.05 Å². The summed E-state index contributed by atoms with van der Waals surface area (Å²) in [6, 6.07) is 2.68. The van der Waals surface area contributed by atoms with Gasteiger partial charge in [0.1, 0.15) is 13.2 Å². The second-order valence-electron chi connectivity index (χ2n) is 4.64. The number of aromatic nitrogens is 2. The van der Waals surface area contributed by atoms with Gasteiger partial charge < -0.3 is 19.3 Å². The molecule has 0 amide bonds. The molecule has 1 aromatic carbocycles. The molecule has 0 spiro atoms. The van der Waals surface area contributed by atoms with Gasteiger partial charge in [0.15, 0.2) is 28.8 Å². The normalized spacial score (nSPS) is 13.0. The summed E-state index contributed by atoms with van der Waals surface area (Å²) in [7, 11) is 2.86. The van der Waals surface area contributed by atoms with Crippen molar-refractivity contribution in [3.8, 4) is 28.5 Å². The minimum atomic E-state index is -1.20. The number of nitrogens with zero attached hydrogens (tertiary/aromatic N) is 2. The van der Waals surface area contributed by atoms with E-state index in [4.69, 9.17) is 19.3 Å². The van der Waals surface area contributed by atoms with E-state index in [-0.39, 0.29) is 35.1 Å². The van der Waals surface area contributed by atoms with Crippen LogP contribution >= 0.6 is 0 Å². The highest BCUT2D eigenvalue weighted by Crippen LogP contribution is 2.45. The summed E-state index contributed by atoms with van der Waals surface area (Å²) in [5.74, 6) is -1.32. The van der Waals surface area contributed by atoms with E-state index in [2.05, 4.69) is 5.10 Å². The van der Waals surface area contributed by atoms with Crippen LogP contribution in [-0.2, 0) is 7.05 Å². The monoisotopic (exact) mass is 308 g/mol. The third-order valence-electron chi connectivity index (χ3n) is 3.31. The van der Waals surface area contributed by atoms with Crippen molar-refractivity contribution >= 4 is 5.97 Å². The Balaban J connectivity index is 2.27. The van der Waals surface area contributed by atoms with Gasteiger partial charge in [-0.3, -0.25) is 4.68 Å². The zero-order valence-corrected chi connectivity index (χ0v) is 11.9. The summed E-state index contributed by atoms with van der Waals surface area (Å²) in [6.45, 7) is 0.613. The van der Waals surface area contributed by atoms with Gasteiger partial charge in [0.2, 0.25) is 0 Å². The van der Waals surface area contributed by atoms with Crippen LogP contribution in [0.3, 0.4) is 0 Å². The topological polar surface area (TPSA) is 82.8 Å². The lowest BCUT2D eigenvalue weighted by Gasteiger charge is -2.22. The number of aryl methyl sites for hydroxylation is 1. The summed E-state index contributed by atoms with van der Waals surface area (Å²) in [4.78, 5) is 11.0. The van der Waals surface area contributed by atoms with E-state index < -0.39 is 11.8 Å². The van der Waals surface area contributed by atoms with E-state index in [1.165, 1.54) is 31.0 Å². The molecule has 8 heteroatoms. The third-order valence-corrected chi connectivity index (χ3v) is 3.31. The largest absolute Gasteiger partial charge is 0.494 e. The lowest BCUT2D eigenvalue weighted by molar-refractivity contribution is 0.0689. The van der Waals surface area contributed by atoms with Crippen molar-refractivity contribution in [3.63, 3.8) is 0 Å². The molecule has 0 fully saturated rings. The van der Waals surface area contributed by atoms with E-state index in [1.54, 1.807) is 0 Å². The van der Waals surface area contributed by atoms with Gasteiger partial charge in [-0.05, 0) is 6.07 Å². The highest BCUT2D eigenvalue weighted by molar-refractivity contribution is 5.88. The predicted molar refractivity (Wildman–Crippen MR) is 73.1 cm³/mol. The smallest absolute Gasteiger partial charge is 0.356 e. The molecule has 0 unspecified atom stereocenters. The second kappa shape index (κ2) is 5.21. The third kappa shape index (κ3) is 2.12. The van der Waals surface area contributed by atoms with E-state index in [0.717, 1.165) is 0 Å². The maximum Gasteiger partial charge on any atom is 0.356 e. The Morgan fingerprint density at radius 3 is 2.77 bits per heavy atom. The Morgan fingerprint density at radius 2 is 2.14 bits per heavy atom. The Bertz CT molecular complexity index is 756. The van der Waals surface area contributed by atoms with Crippen molar-refractivity contribution in [1.29, 1.82) is 0 Å². The van der Waals surface area contributed by atoms with Gasteiger partial charge in [0, 0.05) is 13.1 Å². The number of hydrogen-bond donors (Lipinski definition) is 1. The Hall–Kier alpha value is -2.77. The molecule has 0 atom stereocenters. The molecule has 0 bridgehead atoms. The molecule has 0 aliphatic carbocycles. The quantitative estimate of drug-likeness (QED) is 0.929. The Kier molecular flexibility index (Phi) is 3.36. The maximum absolute atomic E-state index is 14.7. The van der Waals surface area contributed by atoms with Crippen LogP contribution in [0.5, 0.6) is 17.2 Å². The molecule has 3 rings (SSSR count). The average Bonchev–Trinajstić information content (AvgIpc) is 2.88. The predicted octanol–water partition coefficient (Wildman–Crippen LogP) is 1.70. The van der Waals surface area contributed by atoms with E-state index in [0.29, 0.717) is 12.4 Å². The van der Waals surface area contributed by atoms with E-state index >= 15 is 0 Å². The van der Waals surface area contributed by atoms with Gasteiger partial charge in [-0.1, -0.05) is 0 Å². The molecule has 0 saturated heterocycles. The summed E-state index contributed by atoms with van der Waals surface area (Å²) in [5.41, 5.74) is 0.136. The number of ether oxygens (including phenoxy) is 3. The van der Waals surface area contributed by atoms with Crippen LogP contribution in [0.1, 0.15) is 10.5 Å². The fourth-order valence-electron chi connectivity index (χ4n) is 2.32. The van der Waals surface area contributed by atoms with Crippen molar-refractivity contribution in [2.75, 3.05) is 20.3 Å². The number of carbonyl (C=O) groups is 1. The highest BCUT2D eigenvalue weighted by Gasteiger charge is 2.28. The fraction of sp³-hybridized carbons (Fsp3) is 0.286. The number of fused-ring (bicyclic) bond motifs is 1. The first-order valence-electron chi connectivity index (χ1n) is 6.46. The molecule has 1 aliphatic heterocycles. The van der Waals surface area contributed by atoms with E-state index in [1.807, 2.05) is 0 Å². The Labute approximate surface area is 124 Å². The number of halogens is 1. The Morgan fingerprint density at radius 1 is 1.41 bits per heavy atom.